The van der Waals surface area contributed by atoms with E-state index in [-0.39, 0.29) is 0 Å². The molecule has 5 rings (SSSR count). The van der Waals surface area contributed by atoms with Crippen LogP contribution < -0.4 is 11.1 Å². The van der Waals surface area contributed by atoms with Crippen LogP contribution in [0.3, 0.4) is 0 Å². The number of carbonyl (C=O) groups is 1. The van der Waals surface area contributed by atoms with E-state index in [2.05, 4.69) is 34.7 Å². The fraction of sp³-hybridized carbons (Fsp3) is 0.364. The average Bonchev–Trinajstić information content (AvgIpc) is 3.47. The Morgan fingerprint density at radius 3 is 2.67 bits per heavy atom. The first-order chi connectivity index (χ1) is 13.2. The van der Waals surface area contributed by atoms with E-state index in [9.17, 15) is 4.79 Å². The highest BCUT2D eigenvalue weighted by atomic mass is 16.1. The van der Waals surface area contributed by atoms with Crippen molar-refractivity contribution in [1.82, 2.24) is 15.1 Å². The summed E-state index contributed by atoms with van der Waals surface area (Å²) in [5, 5.41) is 9.15. The number of carbonyl (C=O) groups excluding carboxylic acids is 1. The van der Waals surface area contributed by atoms with Gasteiger partial charge in [0.25, 0.3) is 5.91 Å². The Balaban J connectivity index is 1.51. The lowest BCUT2D eigenvalue weighted by Gasteiger charge is -2.39. The van der Waals surface area contributed by atoms with Gasteiger partial charge in [-0.3, -0.25) is 4.79 Å². The summed E-state index contributed by atoms with van der Waals surface area (Å²) in [7, 11) is 0. The molecule has 2 aliphatic rings. The molecule has 1 atom stereocenters. The van der Waals surface area contributed by atoms with Crippen molar-refractivity contribution in [2.45, 2.75) is 31.1 Å². The molecule has 0 bridgehead atoms. The number of benzene rings is 2. The van der Waals surface area contributed by atoms with Crippen LogP contribution in [0.4, 0.5) is 0 Å². The van der Waals surface area contributed by atoms with Gasteiger partial charge >= 0.3 is 0 Å². The van der Waals surface area contributed by atoms with Gasteiger partial charge in [-0.1, -0.05) is 24.3 Å². The zero-order valence-corrected chi connectivity index (χ0v) is 15.3. The number of nitrogens with zero attached hydrogens (tertiary/aromatic N) is 2. The van der Waals surface area contributed by atoms with Crippen molar-refractivity contribution in [1.29, 1.82) is 0 Å². The van der Waals surface area contributed by atoms with Gasteiger partial charge < -0.3 is 11.1 Å². The molecule has 0 radical (unpaired) electrons. The zero-order valence-electron chi connectivity index (χ0n) is 15.3. The first-order valence-corrected chi connectivity index (χ1v) is 9.77. The summed E-state index contributed by atoms with van der Waals surface area (Å²) in [4.78, 5) is 11.7. The molecule has 1 saturated carbocycles. The van der Waals surface area contributed by atoms with E-state index in [1.807, 2.05) is 23.0 Å². The predicted octanol–water partition coefficient (Wildman–Crippen LogP) is 3.16. The summed E-state index contributed by atoms with van der Waals surface area (Å²) in [5.41, 5.74) is 9.34. The van der Waals surface area contributed by atoms with Crippen LogP contribution in [0.5, 0.6) is 0 Å². The van der Waals surface area contributed by atoms with E-state index in [1.165, 1.54) is 31.2 Å². The van der Waals surface area contributed by atoms with Crippen molar-refractivity contribution >= 4 is 16.8 Å². The summed E-state index contributed by atoms with van der Waals surface area (Å²) >= 11 is 0. The van der Waals surface area contributed by atoms with Crippen LogP contribution >= 0.6 is 0 Å². The van der Waals surface area contributed by atoms with Crippen molar-refractivity contribution in [3.8, 4) is 5.69 Å². The first kappa shape index (κ1) is 16.5. The Kier molecular flexibility index (Phi) is 3.79. The van der Waals surface area contributed by atoms with E-state index >= 15 is 0 Å². The topological polar surface area (TPSA) is 72.9 Å². The Morgan fingerprint density at radius 1 is 1.19 bits per heavy atom. The molecule has 5 nitrogen and oxygen atoms in total. The molecule has 0 spiro atoms. The zero-order chi connectivity index (χ0) is 18.4. The summed E-state index contributed by atoms with van der Waals surface area (Å²) < 4.78 is 1.84. The molecule has 1 saturated heterocycles. The smallest absolute Gasteiger partial charge is 0.250 e. The van der Waals surface area contributed by atoms with Gasteiger partial charge in [0.1, 0.15) is 5.52 Å². The third kappa shape index (κ3) is 2.73. The lowest BCUT2D eigenvalue weighted by atomic mass is 9.71. The van der Waals surface area contributed by atoms with Crippen molar-refractivity contribution in [2.75, 3.05) is 13.1 Å². The number of piperidine rings is 1. The second kappa shape index (κ2) is 6.20. The minimum absolute atomic E-state index is 0.296. The Bertz CT molecular complexity index is 995. The Hall–Kier alpha value is -2.66. The van der Waals surface area contributed by atoms with Crippen LogP contribution in [-0.2, 0) is 5.41 Å². The van der Waals surface area contributed by atoms with Crippen LogP contribution in [-0.4, -0.2) is 28.8 Å². The number of nitrogens with one attached hydrogen (secondary N) is 1. The molecule has 27 heavy (non-hydrogen) atoms. The normalized spacial score (nSPS) is 22.8. The van der Waals surface area contributed by atoms with E-state index in [4.69, 9.17) is 5.73 Å². The van der Waals surface area contributed by atoms with Gasteiger partial charge in [-0.05, 0) is 61.9 Å². The van der Waals surface area contributed by atoms with Crippen molar-refractivity contribution in [3.05, 3.63) is 59.8 Å². The summed E-state index contributed by atoms with van der Waals surface area (Å²) in [5.74, 6) is 0.374. The van der Waals surface area contributed by atoms with Gasteiger partial charge in [0.05, 0.1) is 11.3 Å². The molecule has 2 aromatic carbocycles. The van der Waals surface area contributed by atoms with Crippen LogP contribution in [0.15, 0.2) is 48.7 Å². The maximum atomic E-state index is 11.7. The number of hydrogen-bond acceptors (Lipinski definition) is 3. The molecular formula is C22H24N4O. The van der Waals surface area contributed by atoms with Gasteiger partial charge in [-0.25, -0.2) is 4.68 Å². The number of aromatic nitrogens is 2. The third-order valence-electron chi connectivity index (χ3n) is 6.28. The van der Waals surface area contributed by atoms with E-state index in [0.717, 1.165) is 30.1 Å². The maximum Gasteiger partial charge on any atom is 0.250 e. The Labute approximate surface area is 158 Å². The molecular weight excluding hydrogens is 336 g/mol. The van der Waals surface area contributed by atoms with Crippen LogP contribution in [0.25, 0.3) is 16.6 Å². The molecule has 1 aromatic heterocycles. The van der Waals surface area contributed by atoms with Crippen LogP contribution in [0.1, 0.15) is 41.6 Å². The fourth-order valence-electron chi connectivity index (χ4n) is 4.72. The van der Waals surface area contributed by atoms with Gasteiger partial charge in [0.2, 0.25) is 0 Å². The molecule has 138 valence electrons. The van der Waals surface area contributed by atoms with Crippen molar-refractivity contribution < 1.29 is 4.79 Å². The third-order valence-corrected chi connectivity index (χ3v) is 6.28. The molecule has 2 heterocycles. The molecule has 3 aromatic rings. The summed E-state index contributed by atoms with van der Waals surface area (Å²) in [6, 6.07) is 14.3. The van der Waals surface area contributed by atoms with Gasteiger partial charge in [-0.2, -0.15) is 5.10 Å². The van der Waals surface area contributed by atoms with Crippen molar-refractivity contribution in [2.24, 2.45) is 11.7 Å². The monoisotopic (exact) mass is 360 g/mol. The molecule has 5 heteroatoms. The maximum absolute atomic E-state index is 11.7. The molecule has 1 unspecified atom stereocenters. The average molecular weight is 360 g/mol. The van der Waals surface area contributed by atoms with E-state index in [0.29, 0.717) is 16.5 Å². The number of nitrogens with two attached hydrogens (primary N) is 1. The molecule has 1 aliphatic heterocycles. The standard InChI is InChI=1S/C22H24N4O/c23-21(27)19-4-1-3-15-13-26(25-20(15)19)18-9-7-17(8-10-18)22(16-5-6-16)11-2-12-24-14-22/h1,3-4,7-10,13,16,24H,2,5-6,11-12,14H2,(H2,23,27). The number of rotatable bonds is 4. The van der Waals surface area contributed by atoms with Crippen LogP contribution in [0.2, 0.25) is 0 Å². The van der Waals surface area contributed by atoms with Gasteiger partial charge in [0, 0.05) is 23.5 Å². The molecule has 2 fully saturated rings. The summed E-state index contributed by atoms with van der Waals surface area (Å²) in [6.45, 7) is 2.22. The largest absolute Gasteiger partial charge is 0.366 e. The fourth-order valence-corrected chi connectivity index (χ4v) is 4.72. The first-order valence-electron chi connectivity index (χ1n) is 9.77. The minimum atomic E-state index is -0.447. The summed E-state index contributed by atoms with van der Waals surface area (Å²) in [6.07, 6.45) is 7.18. The number of hydrogen-bond donors (Lipinski definition) is 2. The quantitative estimate of drug-likeness (QED) is 0.751. The second-order valence-corrected chi connectivity index (χ2v) is 7.94. The predicted molar refractivity (Wildman–Crippen MR) is 106 cm³/mol. The van der Waals surface area contributed by atoms with Crippen molar-refractivity contribution in [3.63, 3.8) is 0 Å². The van der Waals surface area contributed by atoms with Gasteiger partial charge in [0.15, 0.2) is 0 Å². The number of primary amides is 1. The lowest BCUT2D eigenvalue weighted by molar-refractivity contribution is 0.100. The minimum Gasteiger partial charge on any atom is -0.366 e. The SMILES string of the molecule is NC(=O)c1cccc2cn(-c3ccc(C4(C5CC5)CCCNC4)cc3)nc12. The highest BCUT2D eigenvalue weighted by Gasteiger charge is 2.46. The van der Waals surface area contributed by atoms with E-state index in [1.54, 1.807) is 6.07 Å². The second-order valence-electron chi connectivity index (χ2n) is 7.94. The number of fused-ring (bicyclic) bond motifs is 1. The molecule has 1 aliphatic carbocycles. The molecule has 1 amide bonds. The van der Waals surface area contributed by atoms with E-state index < -0.39 is 5.91 Å². The Morgan fingerprint density at radius 2 is 2.00 bits per heavy atom. The van der Waals surface area contributed by atoms with Gasteiger partial charge in [-0.15, -0.1) is 0 Å². The van der Waals surface area contributed by atoms with Crippen LogP contribution in [0, 0.1) is 5.92 Å². The molecule has 3 N–H and O–H groups in total. The highest BCUT2D eigenvalue weighted by molar-refractivity contribution is 6.04. The lowest BCUT2D eigenvalue weighted by Crippen LogP contribution is -2.45. The number of amides is 1. The highest BCUT2D eigenvalue weighted by Crippen LogP contribution is 2.50.